The fraction of sp³-hybridized carbons (Fsp3) is 0.0143. The average Bonchev–Trinajstić information content (AvgIpc) is 4.21. The van der Waals surface area contributed by atoms with Crippen molar-refractivity contribution in [1.82, 2.24) is 19.5 Å². The largest absolute Gasteiger partial charge is 0.456 e. The van der Waals surface area contributed by atoms with Gasteiger partial charge in [-0.3, -0.25) is 0 Å². The Kier molecular flexibility index (Phi) is 8.89. The van der Waals surface area contributed by atoms with Crippen LogP contribution in [0.5, 0.6) is 0 Å². The van der Waals surface area contributed by atoms with Gasteiger partial charge in [0.25, 0.3) is 0 Å². The Hall–Kier alpha value is -9.97. The number of hydrogen-bond acceptors (Lipinski definition) is 4. The Labute approximate surface area is 432 Å². The molecule has 0 N–H and O–H groups in total. The summed E-state index contributed by atoms with van der Waals surface area (Å²) in [6, 6.07) is 91.5. The minimum atomic E-state index is -0.510. The molecule has 0 saturated carbocycles. The molecule has 0 saturated heterocycles. The Morgan fingerprint density at radius 1 is 0.293 bits per heavy atom. The van der Waals surface area contributed by atoms with Crippen molar-refractivity contribution in [2.45, 2.75) is 5.41 Å². The zero-order chi connectivity index (χ0) is 49.2. The molecule has 16 rings (SSSR count). The molecule has 3 heterocycles. The summed E-state index contributed by atoms with van der Waals surface area (Å²) in [5, 5.41) is 4.37. The minimum absolute atomic E-state index is 0.510. The van der Waals surface area contributed by atoms with Gasteiger partial charge < -0.3 is 8.98 Å². The molecule has 3 aromatic heterocycles. The predicted molar refractivity (Wildman–Crippen MR) is 305 cm³/mol. The van der Waals surface area contributed by atoms with E-state index >= 15 is 0 Å². The summed E-state index contributed by atoms with van der Waals surface area (Å²) >= 11 is 0. The van der Waals surface area contributed by atoms with Gasteiger partial charge in [0, 0.05) is 43.9 Å². The van der Waals surface area contributed by atoms with E-state index in [0.717, 1.165) is 66.6 Å². The van der Waals surface area contributed by atoms with Crippen LogP contribution >= 0.6 is 0 Å². The molecule has 0 aliphatic heterocycles. The molecular weight excluding hydrogens is 913 g/mol. The van der Waals surface area contributed by atoms with Gasteiger partial charge in [0.1, 0.15) is 11.2 Å². The Morgan fingerprint density at radius 3 is 1.52 bits per heavy atom. The standard InChI is InChI=1S/C70H42N4O/c1-3-16-43(17-4-1)44-30-32-45(33-31-44)67-71-68(48-34-37-53-52-22-9-13-27-60(52)70(61(53)42-48)58-25-11-7-20-50(58)51-21-8-12-26-59(51)70)73-69(72-67)55-24-15-29-65-66(55)57-41-47(36-39-64(57)75-65)46-35-38-63-56(40-46)54-23-10-14-28-62(54)74(63)49-18-5-2-6-19-49/h1-42H. The molecule has 1 spiro atoms. The van der Waals surface area contributed by atoms with E-state index in [1.165, 1.54) is 66.3 Å². The lowest BCUT2D eigenvalue weighted by Gasteiger charge is -2.30. The van der Waals surface area contributed by atoms with E-state index < -0.39 is 5.41 Å². The predicted octanol–water partition coefficient (Wildman–Crippen LogP) is 17.5. The first kappa shape index (κ1) is 41.6. The zero-order valence-corrected chi connectivity index (χ0v) is 40.4. The fourth-order valence-electron chi connectivity index (χ4n) is 12.6. The molecule has 348 valence electrons. The molecule has 0 radical (unpaired) electrons. The maximum Gasteiger partial charge on any atom is 0.164 e. The number of nitrogens with zero attached hydrogens (tertiary/aromatic N) is 4. The Morgan fingerprint density at radius 2 is 0.800 bits per heavy atom. The normalized spacial score (nSPS) is 12.9. The number of para-hydroxylation sites is 2. The topological polar surface area (TPSA) is 56.7 Å². The molecule has 5 heteroatoms. The van der Waals surface area contributed by atoms with Gasteiger partial charge >= 0.3 is 0 Å². The molecular formula is C70H42N4O. The van der Waals surface area contributed by atoms with Crippen LogP contribution in [0.15, 0.2) is 259 Å². The van der Waals surface area contributed by atoms with Crippen molar-refractivity contribution in [2.75, 3.05) is 0 Å². The maximum atomic E-state index is 6.69. The van der Waals surface area contributed by atoms with Gasteiger partial charge in [-0.1, -0.05) is 200 Å². The maximum absolute atomic E-state index is 6.69. The van der Waals surface area contributed by atoms with Crippen LogP contribution in [0.4, 0.5) is 0 Å². The minimum Gasteiger partial charge on any atom is -0.456 e. The summed E-state index contributed by atoms with van der Waals surface area (Å²) in [4.78, 5) is 16.2. The third-order valence-corrected chi connectivity index (χ3v) is 15.9. The van der Waals surface area contributed by atoms with Crippen LogP contribution in [0.3, 0.4) is 0 Å². The van der Waals surface area contributed by atoms with Crippen LogP contribution in [0.25, 0.3) is 128 Å². The number of aromatic nitrogens is 4. The summed E-state index contributed by atoms with van der Waals surface area (Å²) < 4.78 is 9.04. The van der Waals surface area contributed by atoms with Gasteiger partial charge in [-0.2, -0.15) is 0 Å². The van der Waals surface area contributed by atoms with Crippen molar-refractivity contribution >= 4 is 43.7 Å². The van der Waals surface area contributed by atoms with Gasteiger partial charge in [0.15, 0.2) is 17.5 Å². The van der Waals surface area contributed by atoms with Crippen LogP contribution in [-0.2, 0) is 5.41 Å². The lowest BCUT2D eigenvalue weighted by atomic mass is 9.70. The molecule has 0 bridgehead atoms. The first-order chi connectivity index (χ1) is 37.2. The highest BCUT2D eigenvalue weighted by Gasteiger charge is 2.51. The number of fused-ring (bicyclic) bond motifs is 16. The quantitative estimate of drug-likeness (QED) is 0.167. The summed E-state index contributed by atoms with van der Waals surface area (Å²) in [5.74, 6) is 1.77. The lowest BCUT2D eigenvalue weighted by Crippen LogP contribution is -2.25. The second kappa shape index (κ2) is 16.0. The van der Waals surface area contributed by atoms with Crippen molar-refractivity contribution in [3.8, 4) is 84.4 Å². The van der Waals surface area contributed by atoms with Crippen LogP contribution in [0.1, 0.15) is 22.3 Å². The molecule has 14 aromatic rings. The van der Waals surface area contributed by atoms with Gasteiger partial charge in [0.2, 0.25) is 0 Å². The highest BCUT2D eigenvalue weighted by atomic mass is 16.3. The number of rotatable bonds is 6. The van der Waals surface area contributed by atoms with E-state index in [4.69, 9.17) is 19.4 Å². The van der Waals surface area contributed by atoms with Gasteiger partial charge in [-0.15, -0.1) is 0 Å². The second-order valence-corrected chi connectivity index (χ2v) is 19.8. The molecule has 75 heavy (non-hydrogen) atoms. The van der Waals surface area contributed by atoms with Crippen LogP contribution in [0, 0.1) is 0 Å². The Balaban J connectivity index is 0.887. The monoisotopic (exact) mass is 954 g/mol. The van der Waals surface area contributed by atoms with Crippen molar-refractivity contribution in [1.29, 1.82) is 0 Å². The molecule has 0 fully saturated rings. The summed E-state index contributed by atoms with van der Waals surface area (Å²) in [5.41, 5.74) is 21.9. The number of benzene rings is 11. The molecule has 2 aliphatic rings. The Bertz CT molecular complexity index is 4580. The van der Waals surface area contributed by atoms with E-state index in [1.54, 1.807) is 0 Å². The van der Waals surface area contributed by atoms with E-state index in [1.807, 2.05) is 18.2 Å². The zero-order valence-electron chi connectivity index (χ0n) is 40.4. The second-order valence-electron chi connectivity index (χ2n) is 19.8. The molecule has 5 nitrogen and oxygen atoms in total. The SMILES string of the molecule is c1ccc(-c2ccc(-c3nc(-c4ccc5c(c4)C4(c6ccccc6-c6ccccc64)c4ccccc4-5)nc(-c4cccc5oc6ccc(-c7ccc8c(c7)c7ccccc7n8-c7ccccc7)cc6c45)n3)cc2)cc1. The van der Waals surface area contributed by atoms with Gasteiger partial charge in [-0.25, -0.2) is 15.0 Å². The summed E-state index contributed by atoms with van der Waals surface area (Å²) in [7, 11) is 0. The van der Waals surface area contributed by atoms with Gasteiger partial charge in [0.05, 0.1) is 16.4 Å². The van der Waals surface area contributed by atoms with Crippen LogP contribution in [-0.4, -0.2) is 19.5 Å². The van der Waals surface area contributed by atoms with E-state index in [0.29, 0.717) is 17.5 Å². The van der Waals surface area contributed by atoms with Gasteiger partial charge in [-0.05, 0) is 121 Å². The average molecular weight is 955 g/mol. The highest BCUT2D eigenvalue weighted by molar-refractivity contribution is 6.14. The number of furan rings is 1. The fourth-order valence-corrected chi connectivity index (χ4v) is 12.6. The summed E-state index contributed by atoms with van der Waals surface area (Å²) in [6.07, 6.45) is 0. The van der Waals surface area contributed by atoms with E-state index in [2.05, 4.69) is 241 Å². The highest BCUT2D eigenvalue weighted by Crippen LogP contribution is 2.63. The molecule has 0 unspecified atom stereocenters. The number of hydrogen-bond donors (Lipinski definition) is 0. The van der Waals surface area contributed by atoms with Crippen molar-refractivity contribution in [3.63, 3.8) is 0 Å². The third-order valence-electron chi connectivity index (χ3n) is 15.9. The molecule has 11 aromatic carbocycles. The molecule has 2 aliphatic carbocycles. The smallest absolute Gasteiger partial charge is 0.164 e. The van der Waals surface area contributed by atoms with Crippen molar-refractivity contribution < 1.29 is 4.42 Å². The third kappa shape index (κ3) is 6.10. The van der Waals surface area contributed by atoms with Crippen molar-refractivity contribution in [3.05, 3.63) is 277 Å². The molecule has 0 atom stereocenters. The van der Waals surface area contributed by atoms with Crippen molar-refractivity contribution in [2.24, 2.45) is 0 Å². The lowest BCUT2D eigenvalue weighted by molar-refractivity contribution is 0.669. The van der Waals surface area contributed by atoms with E-state index in [-0.39, 0.29) is 0 Å². The molecule has 0 amide bonds. The van der Waals surface area contributed by atoms with Crippen LogP contribution in [0.2, 0.25) is 0 Å². The summed E-state index contributed by atoms with van der Waals surface area (Å²) in [6.45, 7) is 0. The first-order valence-electron chi connectivity index (χ1n) is 25.6. The van der Waals surface area contributed by atoms with E-state index in [9.17, 15) is 0 Å². The first-order valence-corrected chi connectivity index (χ1v) is 25.6. The van der Waals surface area contributed by atoms with Crippen LogP contribution < -0.4 is 0 Å².